The molecule has 1 aliphatic rings. The molecule has 0 bridgehead atoms. The van der Waals surface area contributed by atoms with Gasteiger partial charge >= 0.3 is 0 Å². The predicted molar refractivity (Wildman–Crippen MR) is 118 cm³/mol. The van der Waals surface area contributed by atoms with Gasteiger partial charge in [0.1, 0.15) is 5.75 Å². The standard InChI is InChI=1S/C23H37N3O2/c1-3-26(18-16-25-22-8-4-5-9-23(22)27-2)17-6-7-19-28-21-12-10-20(11-13-21)14-15-24/h4-5,8-10,12,25H,3,6-7,11,13-19,24H2,1-2H3. The SMILES string of the molecule is CCN(CCCCOC1=CC=C(CCN)CC1)CCNc1ccccc1OC. The maximum absolute atomic E-state index is 5.93. The number of likely N-dealkylation sites (N-methyl/N-ethyl adjacent to an activating group) is 1. The molecule has 156 valence electrons. The third-order valence-electron chi connectivity index (χ3n) is 5.12. The maximum Gasteiger partial charge on any atom is 0.141 e. The number of allylic oxidation sites excluding steroid dienone is 3. The van der Waals surface area contributed by atoms with E-state index >= 15 is 0 Å². The molecule has 0 aromatic heterocycles. The number of benzene rings is 1. The molecule has 0 unspecified atom stereocenters. The van der Waals surface area contributed by atoms with Crippen molar-refractivity contribution in [3.05, 3.63) is 47.7 Å². The highest BCUT2D eigenvalue weighted by molar-refractivity contribution is 5.56. The first-order valence-electron chi connectivity index (χ1n) is 10.6. The van der Waals surface area contributed by atoms with Gasteiger partial charge in [-0.1, -0.05) is 30.7 Å². The van der Waals surface area contributed by atoms with E-state index in [9.17, 15) is 0 Å². The molecule has 5 nitrogen and oxygen atoms in total. The lowest BCUT2D eigenvalue weighted by atomic mass is 10.0. The van der Waals surface area contributed by atoms with Gasteiger partial charge in [-0.05, 0) is 63.5 Å². The Morgan fingerprint density at radius 1 is 1.11 bits per heavy atom. The predicted octanol–water partition coefficient (Wildman–Crippen LogP) is 4.18. The molecular formula is C23H37N3O2. The zero-order chi connectivity index (χ0) is 20.0. The van der Waals surface area contributed by atoms with Crippen LogP contribution in [0.4, 0.5) is 5.69 Å². The summed E-state index contributed by atoms with van der Waals surface area (Å²) in [5.74, 6) is 2.01. The molecule has 3 N–H and O–H groups in total. The Labute approximate surface area is 170 Å². The van der Waals surface area contributed by atoms with Gasteiger partial charge in [-0.15, -0.1) is 0 Å². The second-order valence-electron chi connectivity index (χ2n) is 7.11. The van der Waals surface area contributed by atoms with E-state index in [-0.39, 0.29) is 0 Å². The molecule has 0 heterocycles. The number of ether oxygens (including phenoxy) is 2. The molecule has 0 aliphatic heterocycles. The molecule has 28 heavy (non-hydrogen) atoms. The third kappa shape index (κ3) is 7.95. The summed E-state index contributed by atoms with van der Waals surface area (Å²) < 4.78 is 11.3. The second kappa shape index (κ2) is 13.2. The first kappa shape index (κ1) is 22.3. The van der Waals surface area contributed by atoms with Crippen molar-refractivity contribution in [2.75, 3.05) is 51.8 Å². The maximum atomic E-state index is 5.93. The number of nitrogens with two attached hydrogens (primary N) is 1. The molecule has 0 fully saturated rings. The van der Waals surface area contributed by atoms with Crippen LogP contribution in [0.2, 0.25) is 0 Å². The van der Waals surface area contributed by atoms with Crippen molar-refractivity contribution < 1.29 is 9.47 Å². The number of unbranched alkanes of at least 4 members (excludes halogenated alkanes) is 1. The summed E-state index contributed by atoms with van der Waals surface area (Å²) in [5.41, 5.74) is 8.10. The monoisotopic (exact) mass is 387 g/mol. The van der Waals surface area contributed by atoms with Crippen molar-refractivity contribution >= 4 is 5.69 Å². The summed E-state index contributed by atoms with van der Waals surface area (Å²) in [6, 6.07) is 8.05. The summed E-state index contributed by atoms with van der Waals surface area (Å²) in [4.78, 5) is 2.48. The van der Waals surface area contributed by atoms with E-state index in [0.29, 0.717) is 0 Å². The largest absolute Gasteiger partial charge is 0.498 e. The van der Waals surface area contributed by atoms with Gasteiger partial charge < -0.3 is 25.4 Å². The van der Waals surface area contributed by atoms with Crippen molar-refractivity contribution in [3.8, 4) is 5.75 Å². The molecule has 0 saturated carbocycles. The molecule has 1 aromatic rings. The highest BCUT2D eigenvalue weighted by Crippen LogP contribution is 2.23. The number of para-hydroxylation sites is 2. The summed E-state index contributed by atoms with van der Waals surface area (Å²) >= 11 is 0. The van der Waals surface area contributed by atoms with Crippen LogP contribution < -0.4 is 15.8 Å². The van der Waals surface area contributed by atoms with E-state index in [0.717, 1.165) is 88.6 Å². The van der Waals surface area contributed by atoms with E-state index in [4.69, 9.17) is 15.2 Å². The van der Waals surface area contributed by atoms with Crippen LogP contribution in [0.25, 0.3) is 0 Å². The molecular weight excluding hydrogens is 350 g/mol. The highest BCUT2D eigenvalue weighted by atomic mass is 16.5. The summed E-state index contributed by atoms with van der Waals surface area (Å²) in [6.07, 6.45) is 9.66. The Hall–Kier alpha value is -1.98. The van der Waals surface area contributed by atoms with Gasteiger partial charge in [-0.25, -0.2) is 0 Å². The Morgan fingerprint density at radius 2 is 1.96 bits per heavy atom. The van der Waals surface area contributed by atoms with Crippen molar-refractivity contribution in [2.24, 2.45) is 5.73 Å². The Morgan fingerprint density at radius 3 is 2.68 bits per heavy atom. The third-order valence-corrected chi connectivity index (χ3v) is 5.12. The Kier molecular flexibility index (Phi) is 10.5. The zero-order valence-corrected chi connectivity index (χ0v) is 17.6. The number of nitrogens with zero attached hydrogens (tertiary/aromatic N) is 1. The first-order valence-corrected chi connectivity index (χ1v) is 10.6. The average Bonchev–Trinajstić information content (AvgIpc) is 2.74. The van der Waals surface area contributed by atoms with E-state index in [1.165, 1.54) is 5.57 Å². The first-order chi connectivity index (χ1) is 13.8. The van der Waals surface area contributed by atoms with Crippen molar-refractivity contribution in [2.45, 2.75) is 39.0 Å². The van der Waals surface area contributed by atoms with Crippen LogP contribution in [-0.2, 0) is 4.74 Å². The van der Waals surface area contributed by atoms with Crippen molar-refractivity contribution in [1.82, 2.24) is 4.90 Å². The minimum Gasteiger partial charge on any atom is -0.498 e. The number of nitrogens with one attached hydrogen (secondary N) is 1. The van der Waals surface area contributed by atoms with Gasteiger partial charge in [0, 0.05) is 19.5 Å². The number of methoxy groups -OCH3 is 1. The van der Waals surface area contributed by atoms with Gasteiger partial charge in [0.15, 0.2) is 0 Å². The average molecular weight is 388 g/mol. The molecule has 0 radical (unpaired) electrons. The fourth-order valence-electron chi connectivity index (χ4n) is 3.38. The smallest absolute Gasteiger partial charge is 0.141 e. The fourth-order valence-corrected chi connectivity index (χ4v) is 3.38. The van der Waals surface area contributed by atoms with E-state index in [2.05, 4.69) is 35.4 Å². The van der Waals surface area contributed by atoms with Crippen molar-refractivity contribution in [1.29, 1.82) is 0 Å². The lowest BCUT2D eigenvalue weighted by molar-refractivity contribution is 0.188. The molecule has 0 spiro atoms. The lowest BCUT2D eigenvalue weighted by Crippen LogP contribution is -2.30. The minimum atomic E-state index is 0.734. The van der Waals surface area contributed by atoms with Gasteiger partial charge in [0.25, 0.3) is 0 Å². The minimum absolute atomic E-state index is 0.734. The number of anilines is 1. The van der Waals surface area contributed by atoms with Gasteiger partial charge in [-0.3, -0.25) is 0 Å². The molecule has 0 amide bonds. The summed E-state index contributed by atoms with van der Waals surface area (Å²) in [5, 5.41) is 3.47. The van der Waals surface area contributed by atoms with E-state index in [1.54, 1.807) is 7.11 Å². The Bertz CT molecular complexity index is 628. The van der Waals surface area contributed by atoms with Crippen LogP contribution in [0.15, 0.2) is 47.7 Å². The molecule has 5 heteroatoms. The van der Waals surface area contributed by atoms with Gasteiger partial charge in [-0.2, -0.15) is 0 Å². The van der Waals surface area contributed by atoms with Crippen LogP contribution in [-0.4, -0.2) is 51.3 Å². The van der Waals surface area contributed by atoms with Crippen LogP contribution in [0.3, 0.4) is 0 Å². The quantitative estimate of drug-likeness (QED) is 0.469. The topological polar surface area (TPSA) is 59.8 Å². The van der Waals surface area contributed by atoms with E-state index in [1.807, 2.05) is 18.2 Å². The summed E-state index contributed by atoms with van der Waals surface area (Å²) in [7, 11) is 1.71. The zero-order valence-electron chi connectivity index (χ0n) is 17.6. The number of rotatable bonds is 14. The van der Waals surface area contributed by atoms with Crippen LogP contribution in [0, 0.1) is 0 Å². The normalized spacial score (nSPS) is 13.9. The molecule has 0 saturated heterocycles. The van der Waals surface area contributed by atoms with Crippen LogP contribution >= 0.6 is 0 Å². The van der Waals surface area contributed by atoms with Crippen LogP contribution in [0.1, 0.15) is 39.0 Å². The number of hydrogen-bond acceptors (Lipinski definition) is 5. The Balaban J connectivity index is 1.58. The number of hydrogen-bond donors (Lipinski definition) is 2. The van der Waals surface area contributed by atoms with Gasteiger partial charge in [0.2, 0.25) is 0 Å². The van der Waals surface area contributed by atoms with Crippen LogP contribution in [0.5, 0.6) is 5.75 Å². The van der Waals surface area contributed by atoms with E-state index < -0.39 is 0 Å². The summed E-state index contributed by atoms with van der Waals surface area (Å²) in [6.45, 7) is 7.87. The van der Waals surface area contributed by atoms with Gasteiger partial charge in [0.05, 0.1) is 25.2 Å². The molecule has 0 atom stereocenters. The highest BCUT2D eigenvalue weighted by Gasteiger charge is 2.07. The molecule has 2 rings (SSSR count). The molecule has 1 aromatic carbocycles. The lowest BCUT2D eigenvalue weighted by Gasteiger charge is -2.21. The second-order valence-corrected chi connectivity index (χ2v) is 7.11. The fraction of sp³-hybridized carbons (Fsp3) is 0.565. The molecule has 1 aliphatic carbocycles. The van der Waals surface area contributed by atoms with Crippen molar-refractivity contribution in [3.63, 3.8) is 0 Å².